The fourth-order valence-corrected chi connectivity index (χ4v) is 5.71. The van der Waals surface area contributed by atoms with Gasteiger partial charge in [0.25, 0.3) is 0 Å². The fraction of sp³-hybridized carbons (Fsp3) is 0.481. The van der Waals surface area contributed by atoms with Gasteiger partial charge in [-0.25, -0.2) is 0 Å². The Morgan fingerprint density at radius 1 is 0.548 bits per heavy atom. The predicted molar refractivity (Wildman–Crippen MR) is 136 cm³/mol. The van der Waals surface area contributed by atoms with Gasteiger partial charge in [0.15, 0.2) is 0 Å². The first-order valence-corrected chi connectivity index (χ1v) is 13.6. The Labute approximate surface area is 190 Å². The zero-order chi connectivity index (χ0) is 22.4. The molecule has 0 bridgehead atoms. The molecule has 0 atom stereocenters. The lowest BCUT2D eigenvalue weighted by atomic mass is 10.0. The summed E-state index contributed by atoms with van der Waals surface area (Å²) in [6.07, 6.45) is 10.6. The van der Waals surface area contributed by atoms with Crippen molar-refractivity contribution in [2.75, 3.05) is 21.3 Å². The summed E-state index contributed by atoms with van der Waals surface area (Å²) in [5.41, 5.74) is 0. The molecular formula is C27H40O3Si. The lowest BCUT2D eigenvalue weighted by molar-refractivity contribution is 0.122. The summed E-state index contributed by atoms with van der Waals surface area (Å²) < 4.78 is 16.2. The molecule has 3 aromatic rings. The van der Waals surface area contributed by atoms with Gasteiger partial charge in [0.2, 0.25) is 0 Å². The third kappa shape index (κ3) is 8.38. The maximum Gasteiger partial charge on any atom is 0.500 e. The second kappa shape index (κ2) is 14.4. The smallest absolute Gasteiger partial charge is 0.377 e. The molecule has 0 radical (unpaired) electrons. The lowest BCUT2D eigenvalue weighted by Gasteiger charge is -2.24. The minimum Gasteiger partial charge on any atom is -0.377 e. The van der Waals surface area contributed by atoms with E-state index in [1.54, 1.807) is 21.3 Å². The maximum absolute atomic E-state index is 5.39. The molecule has 0 aliphatic carbocycles. The number of hydrogen-bond donors (Lipinski definition) is 0. The van der Waals surface area contributed by atoms with Gasteiger partial charge < -0.3 is 13.3 Å². The molecule has 0 saturated carbocycles. The van der Waals surface area contributed by atoms with E-state index >= 15 is 0 Å². The topological polar surface area (TPSA) is 27.7 Å². The minimum atomic E-state index is -2.30. The van der Waals surface area contributed by atoms with E-state index in [0.717, 1.165) is 12.5 Å². The van der Waals surface area contributed by atoms with Crippen LogP contribution in [0.2, 0.25) is 6.04 Å². The average Bonchev–Trinajstić information content (AvgIpc) is 2.83. The van der Waals surface area contributed by atoms with Crippen molar-refractivity contribution >= 4 is 30.3 Å². The quantitative estimate of drug-likeness (QED) is 0.162. The summed E-state index contributed by atoms with van der Waals surface area (Å²) in [4.78, 5) is 0. The van der Waals surface area contributed by atoms with E-state index < -0.39 is 8.80 Å². The highest BCUT2D eigenvalue weighted by Crippen LogP contribution is 2.22. The van der Waals surface area contributed by atoms with Gasteiger partial charge in [0.1, 0.15) is 0 Å². The van der Waals surface area contributed by atoms with Crippen molar-refractivity contribution in [2.45, 2.75) is 64.3 Å². The zero-order valence-electron chi connectivity index (χ0n) is 19.9. The second-order valence-electron chi connectivity index (χ2n) is 8.07. The molecule has 170 valence electrons. The Kier molecular flexibility index (Phi) is 11.8. The Morgan fingerprint density at radius 3 is 1.26 bits per heavy atom. The van der Waals surface area contributed by atoms with Crippen LogP contribution in [0, 0.1) is 0 Å². The van der Waals surface area contributed by atoms with E-state index in [2.05, 4.69) is 67.6 Å². The first-order valence-electron chi connectivity index (χ1n) is 11.7. The molecule has 4 heteroatoms. The third-order valence-corrected chi connectivity index (χ3v) is 8.72. The number of hydrogen-bond acceptors (Lipinski definition) is 3. The van der Waals surface area contributed by atoms with Crippen molar-refractivity contribution in [3.05, 3.63) is 60.7 Å². The highest BCUT2D eigenvalue weighted by molar-refractivity contribution is 6.60. The largest absolute Gasteiger partial charge is 0.500 e. The summed E-state index contributed by atoms with van der Waals surface area (Å²) in [6.45, 7) is 2.25. The predicted octanol–water partition coefficient (Wildman–Crippen LogP) is 8.00. The molecule has 0 heterocycles. The summed E-state index contributed by atoms with van der Waals surface area (Å²) in [7, 11) is 2.75. The molecule has 3 rings (SSSR count). The van der Waals surface area contributed by atoms with Gasteiger partial charge in [-0.15, -0.1) is 0 Å². The van der Waals surface area contributed by atoms with E-state index in [1.807, 2.05) is 0 Å². The third-order valence-electron chi connectivity index (χ3n) is 5.88. The van der Waals surface area contributed by atoms with Gasteiger partial charge in [-0.3, -0.25) is 0 Å². The van der Waals surface area contributed by atoms with Gasteiger partial charge >= 0.3 is 8.80 Å². The van der Waals surface area contributed by atoms with Gasteiger partial charge in [0.05, 0.1) is 0 Å². The molecule has 0 unspecified atom stereocenters. The molecule has 0 aliphatic rings. The maximum atomic E-state index is 5.39. The monoisotopic (exact) mass is 440 g/mol. The number of benzene rings is 3. The van der Waals surface area contributed by atoms with Crippen molar-refractivity contribution < 1.29 is 13.3 Å². The Morgan fingerprint density at radius 2 is 0.903 bits per heavy atom. The van der Waals surface area contributed by atoms with Gasteiger partial charge in [-0.2, -0.15) is 0 Å². The lowest BCUT2D eigenvalue weighted by Crippen LogP contribution is -2.42. The molecule has 0 saturated heterocycles. The summed E-state index contributed by atoms with van der Waals surface area (Å²) in [5, 5.41) is 5.25. The van der Waals surface area contributed by atoms with Gasteiger partial charge in [-0.05, 0) is 40.1 Å². The van der Waals surface area contributed by atoms with E-state index in [9.17, 15) is 0 Å². The van der Waals surface area contributed by atoms with Crippen LogP contribution < -0.4 is 0 Å². The molecule has 0 spiro atoms. The van der Waals surface area contributed by atoms with Crippen LogP contribution in [0.4, 0.5) is 0 Å². The van der Waals surface area contributed by atoms with Crippen molar-refractivity contribution in [1.82, 2.24) is 0 Å². The number of unbranched alkanes of at least 4 members (excludes halogenated alkanes) is 7. The first kappa shape index (κ1) is 25.5. The van der Waals surface area contributed by atoms with Crippen LogP contribution in [-0.4, -0.2) is 30.1 Å². The SMILES string of the molecule is CCCCCCCCCC[Si](OC)(OC)OC.c1ccc2cc3ccccc3cc2c1. The van der Waals surface area contributed by atoms with E-state index in [1.165, 1.54) is 66.5 Å². The van der Waals surface area contributed by atoms with Gasteiger partial charge in [-0.1, -0.05) is 100 Å². The Bertz CT molecular complexity index is 763. The van der Waals surface area contributed by atoms with Crippen molar-refractivity contribution in [1.29, 1.82) is 0 Å². The van der Waals surface area contributed by atoms with Crippen LogP contribution in [-0.2, 0) is 13.3 Å². The van der Waals surface area contributed by atoms with E-state index in [4.69, 9.17) is 13.3 Å². The van der Waals surface area contributed by atoms with Crippen LogP contribution in [0.25, 0.3) is 21.5 Å². The molecule has 0 aliphatic heterocycles. The minimum absolute atomic E-state index is 0.936. The number of fused-ring (bicyclic) bond motifs is 2. The molecule has 0 amide bonds. The van der Waals surface area contributed by atoms with E-state index in [-0.39, 0.29) is 0 Å². The van der Waals surface area contributed by atoms with Crippen molar-refractivity contribution in [3.63, 3.8) is 0 Å². The molecule has 0 aromatic heterocycles. The molecule has 0 N–H and O–H groups in total. The summed E-state index contributed by atoms with van der Waals surface area (Å²) in [6, 6.07) is 22.4. The fourth-order valence-electron chi connectivity index (χ4n) is 3.91. The molecule has 3 aromatic carbocycles. The van der Waals surface area contributed by atoms with Crippen molar-refractivity contribution in [2.24, 2.45) is 0 Å². The highest BCUT2D eigenvalue weighted by Gasteiger charge is 2.36. The molecule has 31 heavy (non-hydrogen) atoms. The Hall–Kier alpha value is -1.72. The Balaban J connectivity index is 0.000000222. The standard InChI is InChI=1S/C14H10.C13H30O3Si/c1-2-6-12-10-14-8-4-3-7-13(14)9-11(12)5-1;1-5-6-7-8-9-10-11-12-13-17(14-2,15-3)16-4/h1-10H;5-13H2,1-4H3. The number of rotatable bonds is 12. The average molecular weight is 441 g/mol. The van der Waals surface area contributed by atoms with Crippen LogP contribution in [0.3, 0.4) is 0 Å². The molecular weight excluding hydrogens is 400 g/mol. The van der Waals surface area contributed by atoms with Crippen LogP contribution in [0.15, 0.2) is 60.7 Å². The summed E-state index contributed by atoms with van der Waals surface area (Å²) in [5.74, 6) is 0. The highest BCUT2D eigenvalue weighted by atomic mass is 28.4. The van der Waals surface area contributed by atoms with Crippen LogP contribution in [0.1, 0.15) is 58.3 Å². The first-order chi connectivity index (χ1) is 15.2. The second-order valence-corrected chi connectivity index (χ2v) is 11.2. The van der Waals surface area contributed by atoms with Crippen molar-refractivity contribution in [3.8, 4) is 0 Å². The molecule has 3 nitrogen and oxygen atoms in total. The van der Waals surface area contributed by atoms with E-state index in [0.29, 0.717) is 0 Å². The normalized spacial score (nSPS) is 11.5. The summed E-state index contributed by atoms with van der Waals surface area (Å²) >= 11 is 0. The van der Waals surface area contributed by atoms with Gasteiger partial charge in [0, 0.05) is 27.4 Å². The van der Waals surface area contributed by atoms with Crippen LogP contribution >= 0.6 is 0 Å². The molecule has 0 fully saturated rings. The zero-order valence-corrected chi connectivity index (χ0v) is 20.9. The van der Waals surface area contributed by atoms with Crippen LogP contribution in [0.5, 0.6) is 0 Å².